The number of halogens is 1. The van der Waals surface area contributed by atoms with Crippen LogP contribution in [-0.4, -0.2) is 48.1 Å². The smallest absolute Gasteiger partial charge is 0.282 e. The third kappa shape index (κ3) is 4.35. The Balaban J connectivity index is 1.56. The molecule has 6 nitrogen and oxygen atoms in total. The maximum absolute atomic E-state index is 12.6. The van der Waals surface area contributed by atoms with Crippen molar-refractivity contribution in [2.24, 2.45) is 0 Å². The van der Waals surface area contributed by atoms with Crippen molar-refractivity contribution in [2.75, 3.05) is 36.4 Å². The highest BCUT2D eigenvalue weighted by Gasteiger charge is 2.30. The molecule has 1 aromatic heterocycles. The van der Waals surface area contributed by atoms with Crippen LogP contribution in [0.2, 0.25) is 0 Å². The molecule has 7 heteroatoms. The molecule has 0 spiro atoms. The molecular weight excluding hydrogens is 382 g/mol. The maximum Gasteiger partial charge on any atom is 0.282 e. The zero-order valence-electron chi connectivity index (χ0n) is 14.5. The summed E-state index contributed by atoms with van der Waals surface area (Å²) in [6.45, 7) is 7.50. The number of aromatic nitrogens is 2. The zero-order chi connectivity index (χ0) is 17.8. The third-order valence-corrected chi connectivity index (χ3v) is 5.28. The van der Waals surface area contributed by atoms with Crippen LogP contribution in [0.3, 0.4) is 0 Å². The second kappa shape index (κ2) is 7.93. The molecule has 25 heavy (non-hydrogen) atoms. The van der Waals surface area contributed by atoms with Crippen molar-refractivity contribution in [1.29, 1.82) is 0 Å². The fourth-order valence-electron chi connectivity index (χ4n) is 3.03. The van der Waals surface area contributed by atoms with Crippen LogP contribution in [-0.2, 0) is 4.79 Å². The fourth-order valence-corrected chi connectivity index (χ4v) is 3.62. The topological polar surface area (TPSA) is 62.6 Å². The normalized spacial score (nSPS) is 16.5. The van der Waals surface area contributed by atoms with Gasteiger partial charge in [-0.05, 0) is 53.5 Å². The van der Waals surface area contributed by atoms with Crippen LogP contribution >= 0.6 is 15.9 Å². The van der Waals surface area contributed by atoms with Gasteiger partial charge in [-0.25, -0.2) is 9.97 Å². The highest BCUT2D eigenvalue weighted by molar-refractivity contribution is 9.10. The lowest BCUT2D eigenvalue weighted by atomic mass is 10.2. The van der Waals surface area contributed by atoms with E-state index in [4.69, 9.17) is 0 Å². The number of quaternary nitrogens is 1. The summed E-state index contributed by atoms with van der Waals surface area (Å²) in [5.41, 5.74) is 1.97. The zero-order valence-corrected chi connectivity index (χ0v) is 16.1. The summed E-state index contributed by atoms with van der Waals surface area (Å²) in [7, 11) is 0. The predicted octanol–water partition coefficient (Wildman–Crippen LogP) is 1.28. The lowest BCUT2D eigenvalue weighted by Gasteiger charge is -2.34. The average Bonchev–Trinajstić information content (AvgIpc) is 2.64. The molecule has 3 rings (SSSR count). The van der Waals surface area contributed by atoms with Gasteiger partial charge >= 0.3 is 0 Å². The number of benzene rings is 1. The summed E-state index contributed by atoms with van der Waals surface area (Å²) in [6.07, 6.45) is 3.52. The molecule has 1 atom stereocenters. The molecule has 1 fully saturated rings. The van der Waals surface area contributed by atoms with E-state index in [-0.39, 0.29) is 11.9 Å². The Bertz CT molecular complexity index is 732. The van der Waals surface area contributed by atoms with Crippen molar-refractivity contribution in [2.45, 2.75) is 19.9 Å². The van der Waals surface area contributed by atoms with Crippen LogP contribution in [0.5, 0.6) is 0 Å². The summed E-state index contributed by atoms with van der Waals surface area (Å²) in [6, 6.07) is 7.65. The van der Waals surface area contributed by atoms with Gasteiger partial charge in [0, 0.05) is 16.9 Å². The van der Waals surface area contributed by atoms with Crippen LogP contribution in [0.4, 0.5) is 11.6 Å². The van der Waals surface area contributed by atoms with Gasteiger partial charge in [0.1, 0.15) is 0 Å². The Morgan fingerprint density at radius 1 is 1.28 bits per heavy atom. The minimum atomic E-state index is -0.105. The molecule has 0 aliphatic carbocycles. The first-order valence-electron chi connectivity index (χ1n) is 8.48. The molecule has 2 aromatic rings. The molecule has 2 N–H and O–H groups in total. The number of nitrogens with one attached hydrogen (secondary N) is 2. The molecular formula is C18H23BrN5O+. The highest BCUT2D eigenvalue weighted by atomic mass is 79.9. The van der Waals surface area contributed by atoms with E-state index in [9.17, 15) is 4.79 Å². The van der Waals surface area contributed by atoms with E-state index in [2.05, 4.69) is 36.1 Å². The number of anilines is 2. The van der Waals surface area contributed by atoms with Crippen LogP contribution in [0, 0.1) is 6.92 Å². The SMILES string of the molecule is Cc1ccc(NC(=O)[C@H](C)[NH+]2CCN(c3ncccn3)CC2)c(Br)c1. The molecule has 0 radical (unpaired) electrons. The van der Waals surface area contributed by atoms with Gasteiger partial charge in [0.15, 0.2) is 6.04 Å². The van der Waals surface area contributed by atoms with Crippen molar-refractivity contribution < 1.29 is 9.69 Å². The number of hydrogen-bond acceptors (Lipinski definition) is 4. The van der Waals surface area contributed by atoms with E-state index >= 15 is 0 Å². The quantitative estimate of drug-likeness (QED) is 0.805. The van der Waals surface area contributed by atoms with Gasteiger partial charge in [-0.15, -0.1) is 0 Å². The Morgan fingerprint density at radius 2 is 1.96 bits per heavy atom. The Kier molecular flexibility index (Phi) is 5.65. The molecule has 0 bridgehead atoms. The van der Waals surface area contributed by atoms with Gasteiger partial charge in [-0.3, -0.25) is 4.79 Å². The van der Waals surface area contributed by atoms with E-state index in [0.717, 1.165) is 47.9 Å². The van der Waals surface area contributed by atoms with E-state index < -0.39 is 0 Å². The summed E-state index contributed by atoms with van der Waals surface area (Å²) in [5, 5.41) is 3.03. The number of aryl methyl sites for hydroxylation is 1. The second-order valence-corrected chi connectivity index (χ2v) is 7.24. The summed E-state index contributed by atoms with van der Waals surface area (Å²) < 4.78 is 0.911. The lowest BCUT2D eigenvalue weighted by Crippen LogP contribution is -3.19. The molecule has 0 saturated carbocycles. The average molecular weight is 405 g/mol. The first-order valence-corrected chi connectivity index (χ1v) is 9.27. The molecule has 132 valence electrons. The van der Waals surface area contributed by atoms with E-state index in [1.807, 2.05) is 38.1 Å². The Hall–Kier alpha value is -1.99. The van der Waals surface area contributed by atoms with Crippen molar-refractivity contribution >= 4 is 33.5 Å². The molecule has 2 heterocycles. The summed E-state index contributed by atoms with van der Waals surface area (Å²) >= 11 is 3.51. The molecule has 1 aliphatic rings. The molecule has 1 aliphatic heterocycles. The molecule has 1 saturated heterocycles. The minimum absolute atomic E-state index is 0.0453. The van der Waals surface area contributed by atoms with Crippen molar-refractivity contribution in [3.05, 3.63) is 46.7 Å². The first kappa shape index (κ1) is 17.8. The van der Waals surface area contributed by atoms with E-state index in [1.54, 1.807) is 12.4 Å². The van der Waals surface area contributed by atoms with Crippen LogP contribution in [0.1, 0.15) is 12.5 Å². The maximum atomic E-state index is 12.6. The van der Waals surface area contributed by atoms with Gasteiger partial charge in [-0.2, -0.15) is 0 Å². The second-order valence-electron chi connectivity index (χ2n) is 6.39. The predicted molar refractivity (Wildman–Crippen MR) is 102 cm³/mol. The number of amides is 1. The molecule has 1 amide bonds. The van der Waals surface area contributed by atoms with E-state index in [0.29, 0.717) is 0 Å². The van der Waals surface area contributed by atoms with Crippen LogP contribution < -0.4 is 15.1 Å². The minimum Gasteiger partial charge on any atom is -0.330 e. The number of nitrogens with zero attached hydrogens (tertiary/aromatic N) is 3. The van der Waals surface area contributed by atoms with Gasteiger partial charge in [0.05, 0.1) is 31.9 Å². The number of carbonyl (C=O) groups excluding carboxylic acids is 1. The van der Waals surface area contributed by atoms with Crippen molar-refractivity contribution in [3.63, 3.8) is 0 Å². The van der Waals surface area contributed by atoms with Gasteiger partial charge in [0.2, 0.25) is 5.95 Å². The van der Waals surface area contributed by atoms with Gasteiger partial charge in [-0.1, -0.05) is 6.07 Å². The first-order chi connectivity index (χ1) is 12.0. The third-order valence-electron chi connectivity index (χ3n) is 4.63. The van der Waals surface area contributed by atoms with Gasteiger partial charge < -0.3 is 15.1 Å². The number of carbonyl (C=O) groups is 1. The van der Waals surface area contributed by atoms with Gasteiger partial charge in [0.25, 0.3) is 5.91 Å². The van der Waals surface area contributed by atoms with E-state index in [1.165, 1.54) is 4.90 Å². The number of rotatable bonds is 4. The number of piperazine rings is 1. The Labute approximate surface area is 156 Å². The Morgan fingerprint density at radius 3 is 2.60 bits per heavy atom. The summed E-state index contributed by atoms with van der Waals surface area (Å²) in [5.74, 6) is 0.811. The highest BCUT2D eigenvalue weighted by Crippen LogP contribution is 2.23. The van der Waals surface area contributed by atoms with Crippen LogP contribution in [0.15, 0.2) is 41.1 Å². The molecule has 0 unspecified atom stereocenters. The monoisotopic (exact) mass is 404 g/mol. The van der Waals surface area contributed by atoms with Crippen LogP contribution in [0.25, 0.3) is 0 Å². The number of hydrogen-bond donors (Lipinski definition) is 2. The lowest BCUT2D eigenvalue weighted by molar-refractivity contribution is -0.914. The fraction of sp³-hybridized carbons (Fsp3) is 0.389. The standard InChI is InChI=1S/C18H22BrN5O/c1-13-4-5-16(15(19)12-13)22-17(25)14(2)23-8-10-24(11-9-23)18-20-6-3-7-21-18/h3-7,12,14H,8-11H2,1-2H3,(H,22,25)/p+1/t14-/m0/s1. The summed E-state index contributed by atoms with van der Waals surface area (Å²) in [4.78, 5) is 24.7. The molecule has 1 aromatic carbocycles. The van der Waals surface area contributed by atoms with Crippen molar-refractivity contribution in [1.82, 2.24) is 9.97 Å². The van der Waals surface area contributed by atoms with Crippen molar-refractivity contribution in [3.8, 4) is 0 Å². The largest absolute Gasteiger partial charge is 0.330 e.